The Kier molecular flexibility index (Phi) is 8.40. The van der Waals surface area contributed by atoms with Gasteiger partial charge < -0.3 is 25.3 Å². The van der Waals surface area contributed by atoms with Crippen molar-refractivity contribution in [3.8, 4) is 0 Å². The molecule has 2 heterocycles. The molecule has 39 heavy (non-hydrogen) atoms. The molecule has 208 valence electrons. The van der Waals surface area contributed by atoms with Crippen molar-refractivity contribution in [2.24, 2.45) is 5.92 Å². The highest BCUT2D eigenvalue weighted by molar-refractivity contribution is 6.07. The van der Waals surface area contributed by atoms with Crippen LogP contribution in [0.4, 0.5) is 20.2 Å². The van der Waals surface area contributed by atoms with Gasteiger partial charge in [0, 0.05) is 75.5 Å². The van der Waals surface area contributed by atoms with Gasteiger partial charge in [0.05, 0.1) is 11.4 Å². The fourth-order valence-corrected chi connectivity index (χ4v) is 5.75. The van der Waals surface area contributed by atoms with Gasteiger partial charge >= 0.3 is 0 Å². The lowest BCUT2D eigenvalue weighted by atomic mass is 9.88. The van der Waals surface area contributed by atoms with Gasteiger partial charge in [0.25, 0.3) is 11.8 Å². The number of rotatable bonds is 5. The average Bonchev–Trinajstić information content (AvgIpc) is 2.97. The summed E-state index contributed by atoms with van der Waals surface area (Å²) in [6, 6.07) is 7.84. The van der Waals surface area contributed by atoms with Gasteiger partial charge in [0.1, 0.15) is 11.6 Å². The van der Waals surface area contributed by atoms with Crippen LogP contribution < -0.4 is 15.5 Å². The number of halogens is 2. The Morgan fingerprint density at radius 1 is 0.769 bits per heavy atom. The van der Waals surface area contributed by atoms with Crippen LogP contribution in [0.15, 0.2) is 36.4 Å². The van der Waals surface area contributed by atoms with Crippen molar-refractivity contribution in [2.45, 2.75) is 32.1 Å². The van der Waals surface area contributed by atoms with Crippen LogP contribution in [-0.2, 0) is 4.79 Å². The fourth-order valence-electron chi connectivity index (χ4n) is 5.75. The van der Waals surface area contributed by atoms with Crippen LogP contribution in [0.5, 0.6) is 0 Å². The quantitative estimate of drug-likeness (QED) is 0.608. The Labute approximate surface area is 227 Å². The Hall–Kier alpha value is -3.53. The summed E-state index contributed by atoms with van der Waals surface area (Å²) < 4.78 is 27.6. The minimum Gasteiger partial charge on any atom is -0.366 e. The van der Waals surface area contributed by atoms with E-state index in [1.165, 1.54) is 6.42 Å². The third-order valence-corrected chi connectivity index (χ3v) is 7.91. The van der Waals surface area contributed by atoms with Crippen molar-refractivity contribution in [2.75, 3.05) is 62.6 Å². The first-order valence-electron chi connectivity index (χ1n) is 13.8. The molecule has 2 aromatic rings. The Morgan fingerprint density at radius 3 is 2.10 bits per heavy atom. The number of amides is 3. The molecular formula is C29H35F2N5O3. The van der Waals surface area contributed by atoms with Gasteiger partial charge in [-0.25, -0.2) is 8.78 Å². The summed E-state index contributed by atoms with van der Waals surface area (Å²) >= 11 is 0. The molecule has 2 N–H and O–H groups in total. The lowest BCUT2D eigenvalue weighted by Gasteiger charge is -2.39. The zero-order valence-electron chi connectivity index (χ0n) is 22.1. The molecule has 10 heteroatoms. The van der Waals surface area contributed by atoms with E-state index >= 15 is 0 Å². The third kappa shape index (κ3) is 6.38. The molecular weight excluding hydrogens is 504 g/mol. The van der Waals surface area contributed by atoms with Crippen molar-refractivity contribution >= 4 is 29.1 Å². The molecule has 3 aliphatic rings. The second-order valence-corrected chi connectivity index (χ2v) is 10.5. The summed E-state index contributed by atoms with van der Waals surface area (Å²) in [5.41, 5.74) is 1.35. The molecule has 1 aliphatic carbocycles. The number of carbonyl (C=O) groups is 3. The molecule has 8 nitrogen and oxygen atoms in total. The van der Waals surface area contributed by atoms with E-state index < -0.39 is 17.5 Å². The summed E-state index contributed by atoms with van der Waals surface area (Å²) in [5.74, 6) is -2.16. The zero-order valence-corrected chi connectivity index (χ0v) is 22.1. The Morgan fingerprint density at radius 2 is 1.44 bits per heavy atom. The smallest absolute Gasteiger partial charge is 0.255 e. The largest absolute Gasteiger partial charge is 0.366 e. The van der Waals surface area contributed by atoms with Crippen molar-refractivity contribution in [1.29, 1.82) is 0 Å². The number of anilines is 2. The number of hydrogen-bond donors (Lipinski definition) is 2. The summed E-state index contributed by atoms with van der Waals surface area (Å²) in [5, 5.41) is 6.01. The second-order valence-electron chi connectivity index (χ2n) is 10.5. The lowest BCUT2D eigenvalue weighted by Crippen LogP contribution is -2.50. The van der Waals surface area contributed by atoms with Gasteiger partial charge in [-0.3, -0.25) is 14.4 Å². The number of hydrogen-bond acceptors (Lipinski definition) is 5. The van der Waals surface area contributed by atoms with E-state index in [0.717, 1.165) is 37.8 Å². The molecule has 0 bridgehead atoms. The molecule has 3 amide bonds. The maximum absolute atomic E-state index is 13.8. The normalized spacial score (nSPS) is 18.7. The van der Waals surface area contributed by atoms with Crippen LogP contribution >= 0.6 is 0 Å². The first kappa shape index (κ1) is 27.1. The van der Waals surface area contributed by atoms with Gasteiger partial charge in [-0.2, -0.15) is 0 Å². The van der Waals surface area contributed by atoms with E-state index in [0.29, 0.717) is 75.4 Å². The fraction of sp³-hybridized carbons (Fsp3) is 0.483. The standard InChI is InChI=1S/C29H35F2N5O3/c30-23-16-22(17-24(31)19-23)27(37)33-25-18-21(29(39)35-10-8-32-9-11-35)6-7-26(25)34-12-14-36(15-13-34)28(38)20-4-2-1-3-5-20/h6-7,16-20,32H,1-5,8-15H2,(H,33,37). The SMILES string of the molecule is O=C(Nc1cc(C(=O)N2CCNCC2)ccc1N1CCN(C(=O)C2CCCCC2)CC1)c1cc(F)cc(F)c1. The van der Waals surface area contributed by atoms with Crippen molar-refractivity contribution in [1.82, 2.24) is 15.1 Å². The predicted molar refractivity (Wildman–Crippen MR) is 145 cm³/mol. The number of nitrogens with zero attached hydrogens (tertiary/aromatic N) is 3. The number of piperazine rings is 2. The van der Waals surface area contributed by atoms with E-state index in [-0.39, 0.29) is 23.3 Å². The van der Waals surface area contributed by atoms with Gasteiger partial charge in [0.15, 0.2) is 0 Å². The van der Waals surface area contributed by atoms with Gasteiger partial charge in [-0.1, -0.05) is 19.3 Å². The topological polar surface area (TPSA) is 85.0 Å². The monoisotopic (exact) mass is 539 g/mol. The van der Waals surface area contributed by atoms with Gasteiger partial charge in [-0.05, 0) is 43.2 Å². The summed E-state index contributed by atoms with van der Waals surface area (Å²) in [6.45, 7) is 4.87. The molecule has 0 atom stereocenters. The first-order chi connectivity index (χ1) is 18.9. The van der Waals surface area contributed by atoms with Gasteiger partial charge in [-0.15, -0.1) is 0 Å². The number of nitrogens with one attached hydrogen (secondary N) is 2. The van der Waals surface area contributed by atoms with Crippen LogP contribution in [-0.4, -0.2) is 79.9 Å². The Balaban J connectivity index is 1.36. The van der Waals surface area contributed by atoms with E-state index in [2.05, 4.69) is 15.5 Å². The molecule has 2 aliphatic heterocycles. The summed E-state index contributed by atoms with van der Waals surface area (Å²) in [6.07, 6.45) is 5.32. The van der Waals surface area contributed by atoms with E-state index in [4.69, 9.17) is 0 Å². The molecule has 5 rings (SSSR count). The predicted octanol–water partition coefficient (Wildman–Crippen LogP) is 3.49. The van der Waals surface area contributed by atoms with E-state index in [1.807, 2.05) is 4.90 Å². The minimum absolute atomic E-state index is 0.113. The summed E-state index contributed by atoms with van der Waals surface area (Å²) in [4.78, 5) is 45.0. The van der Waals surface area contributed by atoms with Gasteiger partial charge in [0.2, 0.25) is 5.91 Å². The zero-order chi connectivity index (χ0) is 27.4. The maximum Gasteiger partial charge on any atom is 0.255 e. The van der Waals surface area contributed by atoms with Crippen LogP contribution in [0.3, 0.4) is 0 Å². The molecule has 1 saturated carbocycles. The number of benzene rings is 2. The van der Waals surface area contributed by atoms with Crippen molar-refractivity contribution in [3.63, 3.8) is 0 Å². The molecule has 3 fully saturated rings. The number of carbonyl (C=O) groups excluding carboxylic acids is 3. The highest BCUT2D eigenvalue weighted by Gasteiger charge is 2.30. The molecule has 0 unspecified atom stereocenters. The molecule has 0 radical (unpaired) electrons. The minimum atomic E-state index is -0.846. The van der Waals surface area contributed by atoms with Crippen molar-refractivity contribution < 1.29 is 23.2 Å². The van der Waals surface area contributed by atoms with Crippen LogP contribution in [0.2, 0.25) is 0 Å². The molecule has 2 saturated heterocycles. The highest BCUT2D eigenvalue weighted by atomic mass is 19.1. The maximum atomic E-state index is 13.8. The third-order valence-electron chi connectivity index (χ3n) is 7.91. The molecule has 0 spiro atoms. The highest BCUT2D eigenvalue weighted by Crippen LogP contribution is 2.31. The van der Waals surface area contributed by atoms with E-state index in [1.54, 1.807) is 23.1 Å². The second kappa shape index (κ2) is 12.1. The van der Waals surface area contributed by atoms with Crippen LogP contribution in [0.1, 0.15) is 52.8 Å². The summed E-state index contributed by atoms with van der Waals surface area (Å²) in [7, 11) is 0. The Bertz CT molecular complexity index is 1200. The molecule has 2 aromatic carbocycles. The van der Waals surface area contributed by atoms with Crippen LogP contribution in [0.25, 0.3) is 0 Å². The molecule has 0 aromatic heterocycles. The lowest BCUT2D eigenvalue weighted by molar-refractivity contribution is -0.136. The van der Waals surface area contributed by atoms with Crippen LogP contribution in [0, 0.1) is 17.6 Å². The van der Waals surface area contributed by atoms with E-state index in [9.17, 15) is 23.2 Å². The average molecular weight is 540 g/mol. The first-order valence-corrected chi connectivity index (χ1v) is 13.8. The van der Waals surface area contributed by atoms with Crippen molar-refractivity contribution in [3.05, 3.63) is 59.2 Å².